The minimum Gasteiger partial charge on any atom is -0.491 e. The molecule has 0 spiro atoms. The minimum atomic E-state index is -0.265. The molecule has 0 saturated carbocycles. The first-order valence-corrected chi connectivity index (χ1v) is 10.2. The maximum absolute atomic E-state index is 12.2. The summed E-state index contributed by atoms with van der Waals surface area (Å²) in [7, 11) is 0. The summed E-state index contributed by atoms with van der Waals surface area (Å²) in [6.07, 6.45) is 3.29. The van der Waals surface area contributed by atoms with Gasteiger partial charge in [-0.3, -0.25) is 10.1 Å². The summed E-state index contributed by atoms with van der Waals surface area (Å²) in [5.74, 6) is 0.500. The molecule has 3 rings (SSSR count). The number of amides is 1. The highest BCUT2D eigenvalue weighted by atomic mass is 35.5. The molecule has 0 fully saturated rings. The second kappa shape index (κ2) is 9.24. The molecular formula is C21H18Cl2N2O2S. The predicted octanol–water partition coefficient (Wildman–Crippen LogP) is 6.56. The molecule has 0 saturated heterocycles. The Labute approximate surface area is 177 Å². The Morgan fingerprint density at radius 1 is 1.21 bits per heavy atom. The largest absolute Gasteiger partial charge is 0.491 e. The number of nitrogens with one attached hydrogen (secondary N) is 1. The van der Waals surface area contributed by atoms with Crippen LogP contribution < -0.4 is 10.1 Å². The maximum Gasteiger partial charge on any atom is 0.250 e. The molecule has 4 nitrogen and oxygen atoms in total. The van der Waals surface area contributed by atoms with Gasteiger partial charge in [0.2, 0.25) is 5.91 Å². The second-order valence-corrected chi connectivity index (χ2v) is 7.93. The molecule has 0 radical (unpaired) electrons. The Hall–Kier alpha value is -2.34. The molecule has 1 N–H and O–H groups in total. The van der Waals surface area contributed by atoms with E-state index in [2.05, 4.69) is 10.3 Å². The van der Waals surface area contributed by atoms with Crippen LogP contribution in [0.15, 0.2) is 53.9 Å². The van der Waals surface area contributed by atoms with Crippen molar-refractivity contribution in [1.82, 2.24) is 4.98 Å². The molecule has 28 heavy (non-hydrogen) atoms. The van der Waals surface area contributed by atoms with Crippen LogP contribution >= 0.6 is 34.5 Å². The molecule has 144 valence electrons. The Morgan fingerprint density at radius 3 is 2.79 bits per heavy atom. The van der Waals surface area contributed by atoms with Gasteiger partial charge in [-0.25, -0.2) is 4.98 Å². The van der Waals surface area contributed by atoms with E-state index in [0.717, 1.165) is 16.9 Å². The van der Waals surface area contributed by atoms with Crippen LogP contribution in [0.1, 0.15) is 19.4 Å². The molecule has 2 aromatic carbocycles. The van der Waals surface area contributed by atoms with Crippen molar-refractivity contribution in [3.05, 3.63) is 69.5 Å². The summed E-state index contributed by atoms with van der Waals surface area (Å²) in [6, 6.07) is 12.8. The number of ether oxygens (including phenoxy) is 1. The third kappa shape index (κ3) is 5.58. The standard InChI is InChI=1S/C21H18Cl2N2O2S/c1-13(2)27-16-5-3-4-14(10-16)6-9-20(26)25-21-24-19(12-28-21)17-8-7-15(22)11-18(17)23/h3-13H,1-2H3,(H,24,25,26)/b9-6+. The molecule has 1 heterocycles. The highest BCUT2D eigenvalue weighted by Gasteiger charge is 2.10. The van der Waals surface area contributed by atoms with Crippen molar-refractivity contribution in [3.8, 4) is 17.0 Å². The van der Waals surface area contributed by atoms with E-state index in [0.29, 0.717) is 20.9 Å². The fraction of sp³-hybridized carbons (Fsp3) is 0.143. The van der Waals surface area contributed by atoms with Gasteiger partial charge < -0.3 is 4.74 Å². The first-order chi connectivity index (χ1) is 13.4. The van der Waals surface area contributed by atoms with Gasteiger partial charge in [-0.15, -0.1) is 11.3 Å². The zero-order chi connectivity index (χ0) is 20.1. The number of carbonyl (C=O) groups is 1. The Balaban J connectivity index is 1.65. The third-order valence-corrected chi connectivity index (χ3v) is 4.90. The van der Waals surface area contributed by atoms with Crippen molar-refractivity contribution in [3.63, 3.8) is 0 Å². The molecule has 0 aliphatic rings. The summed E-state index contributed by atoms with van der Waals surface area (Å²) in [4.78, 5) is 16.6. The number of thiazole rings is 1. The van der Waals surface area contributed by atoms with Gasteiger partial charge in [-0.2, -0.15) is 0 Å². The molecule has 7 heteroatoms. The van der Waals surface area contributed by atoms with Crippen LogP contribution in [-0.2, 0) is 4.79 Å². The molecular weight excluding hydrogens is 415 g/mol. The Kier molecular flexibility index (Phi) is 6.73. The summed E-state index contributed by atoms with van der Waals surface area (Å²) in [5, 5.41) is 6.16. The highest BCUT2D eigenvalue weighted by molar-refractivity contribution is 7.14. The lowest BCUT2D eigenvalue weighted by molar-refractivity contribution is -0.111. The van der Waals surface area contributed by atoms with Gasteiger partial charge in [0, 0.05) is 22.0 Å². The van der Waals surface area contributed by atoms with Crippen molar-refractivity contribution in [1.29, 1.82) is 0 Å². The van der Waals surface area contributed by atoms with E-state index < -0.39 is 0 Å². The van der Waals surface area contributed by atoms with E-state index >= 15 is 0 Å². The van der Waals surface area contributed by atoms with E-state index in [4.69, 9.17) is 27.9 Å². The maximum atomic E-state index is 12.2. The van der Waals surface area contributed by atoms with Crippen molar-refractivity contribution in [2.75, 3.05) is 5.32 Å². The normalized spacial score (nSPS) is 11.2. The number of halogens is 2. The van der Waals surface area contributed by atoms with Gasteiger partial charge in [0.25, 0.3) is 0 Å². The first-order valence-electron chi connectivity index (χ1n) is 8.57. The topological polar surface area (TPSA) is 51.2 Å². The molecule has 1 amide bonds. The van der Waals surface area contributed by atoms with E-state index in [1.54, 1.807) is 24.3 Å². The quantitative estimate of drug-likeness (QED) is 0.448. The Bertz CT molecular complexity index is 1020. The lowest BCUT2D eigenvalue weighted by Gasteiger charge is -2.09. The fourth-order valence-electron chi connectivity index (χ4n) is 2.43. The van der Waals surface area contributed by atoms with Gasteiger partial charge in [0.1, 0.15) is 5.75 Å². The number of rotatable bonds is 6. The highest BCUT2D eigenvalue weighted by Crippen LogP contribution is 2.32. The van der Waals surface area contributed by atoms with Crippen LogP contribution in [0.25, 0.3) is 17.3 Å². The van der Waals surface area contributed by atoms with E-state index in [9.17, 15) is 4.79 Å². The van der Waals surface area contributed by atoms with Crippen LogP contribution in [0.5, 0.6) is 5.75 Å². The Morgan fingerprint density at radius 2 is 2.04 bits per heavy atom. The minimum absolute atomic E-state index is 0.0933. The molecule has 1 aromatic heterocycles. The van der Waals surface area contributed by atoms with Crippen molar-refractivity contribution in [2.24, 2.45) is 0 Å². The van der Waals surface area contributed by atoms with Crippen LogP contribution in [0.3, 0.4) is 0 Å². The predicted molar refractivity (Wildman–Crippen MR) is 117 cm³/mol. The first kappa shape index (κ1) is 20.4. The zero-order valence-electron chi connectivity index (χ0n) is 15.3. The average molecular weight is 433 g/mol. The molecule has 0 aliphatic carbocycles. The van der Waals surface area contributed by atoms with E-state index in [-0.39, 0.29) is 12.0 Å². The van der Waals surface area contributed by atoms with Crippen molar-refractivity contribution in [2.45, 2.75) is 20.0 Å². The average Bonchev–Trinajstić information content (AvgIpc) is 3.08. The van der Waals surface area contributed by atoms with Crippen LogP contribution in [0.4, 0.5) is 5.13 Å². The molecule has 0 unspecified atom stereocenters. The van der Waals surface area contributed by atoms with Gasteiger partial charge in [-0.1, -0.05) is 35.3 Å². The number of anilines is 1. The molecule has 3 aromatic rings. The molecule has 0 aliphatic heterocycles. The molecule has 0 bridgehead atoms. The van der Waals surface area contributed by atoms with Crippen LogP contribution in [0.2, 0.25) is 10.0 Å². The summed E-state index contributed by atoms with van der Waals surface area (Å²) >= 11 is 13.5. The summed E-state index contributed by atoms with van der Waals surface area (Å²) < 4.78 is 5.66. The lowest BCUT2D eigenvalue weighted by atomic mass is 10.2. The SMILES string of the molecule is CC(C)Oc1cccc(/C=C/C(=O)Nc2nc(-c3ccc(Cl)cc3Cl)cs2)c1. The van der Waals surface area contributed by atoms with Gasteiger partial charge in [0.05, 0.1) is 16.8 Å². The summed E-state index contributed by atoms with van der Waals surface area (Å²) in [6.45, 7) is 3.94. The number of benzene rings is 2. The van der Waals surface area contributed by atoms with Gasteiger partial charge in [0.15, 0.2) is 5.13 Å². The van der Waals surface area contributed by atoms with Crippen molar-refractivity contribution < 1.29 is 9.53 Å². The van der Waals surface area contributed by atoms with Crippen LogP contribution in [0, 0.1) is 0 Å². The van der Waals surface area contributed by atoms with Gasteiger partial charge >= 0.3 is 0 Å². The van der Waals surface area contributed by atoms with E-state index in [1.807, 2.05) is 43.5 Å². The third-order valence-electron chi connectivity index (χ3n) is 3.60. The number of hydrogen-bond acceptors (Lipinski definition) is 4. The number of aromatic nitrogens is 1. The smallest absolute Gasteiger partial charge is 0.250 e. The van der Waals surface area contributed by atoms with Crippen LogP contribution in [-0.4, -0.2) is 17.0 Å². The lowest BCUT2D eigenvalue weighted by Crippen LogP contribution is -2.07. The number of carbonyl (C=O) groups excluding carboxylic acids is 1. The number of hydrogen-bond donors (Lipinski definition) is 1. The summed E-state index contributed by atoms with van der Waals surface area (Å²) in [5.41, 5.74) is 2.32. The van der Waals surface area contributed by atoms with E-state index in [1.165, 1.54) is 17.4 Å². The van der Waals surface area contributed by atoms with Crippen molar-refractivity contribution >= 4 is 51.7 Å². The second-order valence-electron chi connectivity index (χ2n) is 6.22. The molecule has 0 atom stereocenters. The zero-order valence-corrected chi connectivity index (χ0v) is 17.6. The number of nitrogens with zero attached hydrogens (tertiary/aromatic N) is 1. The fourth-order valence-corrected chi connectivity index (χ4v) is 3.65. The van der Waals surface area contributed by atoms with Gasteiger partial charge in [-0.05, 0) is 55.8 Å². The monoisotopic (exact) mass is 432 g/mol.